The maximum atomic E-state index is 11.9. The molecule has 2 aromatic rings. The number of aryl methyl sites for hydroxylation is 3. The maximum Gasteiger partial charge on any atom is 0.261 e. The van der Waals surface area contributed by atoms with Crippen LogP contribution in [-0.4, -0.2) is 15.7 Å². The summed E-state index contributed by atoms with van der Waals surface area (Å²) in [7, 11) is 1.86. The van der Waals surface area contributed by atoms with Gasteiger partial charge in [0.2, 0.25) is 0 Å². The Kier molecular flexibility index (Phi) is 3.28. The highest BCUT2D eigenvalue weighted by Gasteiger charge is 2.11. The molecule has 0 atom stereocenters. The number of hydrogen-bond acceptors (Lipinski definition) is 3. The van der Waals surface area contributed by atoms with Crippen LogP contribution in [0.2, 0.25) is 0 Å². The van der Waals surface area contributed by atoms with Crippen molar-refractivity contribution < 1.29 is 4.79 Å². The van der Waals surface area contributed by atoms with Crippen LogP contribution in [0.5, 0.6) is 0 Å². The highest BCUT2D eigenvalue weighted by Crippen LogP contribution is 2.20. The number of nitrogens with zero attached hydrogens (tertiary/aromatic N) is 2. The third-order valence-electron chi connectivity index (χ3n) is 2.46. The number of nitrogens with one attached hydrogen (secondary N) is 1. The van der Waals surface area contributed by atoms with Crippen LogP contribution < -0.4 is 5.32 Å². The maximum absolute atomic E-state index is 11.9. The van der Waals surface area contributed by atoms with Gasteiger partial charge in [-0.3, -0.25) is 9.48 Å². The van der Waals surface area contributed by atoms with Crippen molar-refractivity contribution in [1.29, 1.82) is 0 Å². The van der Waals surface area contributed by atoms with Gasteiger partial charge < -0.3 is 5.32 Å². The van der Waals surface area contributed by atoms with E-state index in [0.717, 1.165) is 20.9 Å². The average Bonchev–Trinajstić information content (AvgIpc) is 2.81. The zero-order valence-corrected chi connectivity index (χ0v) is 11.0. The summed E-state index contributed by atoms with van der Waals surface area (Å²) in [5.74, 6) is -0.00977. The molecule has 0 spiro atoms. The predicted molar refractivity (Wildman–Crippen MR) is 68.2 cm³/mol. The molecule has 0 saturated carbocycles. The fourth-order valence-electron chi connectivity index (χ4n) is 1.69. The molecule has 2 heterocycles. The molecule has 4 nitrogen and oxygen atoms in total. The molecule has 2 rings (SSSR count). The van der Waals surface area contributed by atoms with Gasteiger partial charge in [-0.15, -0.1) is 11.3 Å². The van der Waals surface area contributed by atoms with Crippen molar-refractivity contribution in [2.75, 3.05) is 0 Å². The van der Waals surface area contributed by atoms with E-state index in [1.54, 1.807) is 10.9 Å². The fraction of sp³-hybridized carbons (Fsp3) is 0.333. The van der Waals surface area contributed by atoms with Gasteiger partial charge in [0.25, 0.3) is 5.91 Å². The highest BCUT2D eigenvalue weighted by molar-refractivity contribution is 7.14. The van der Waals surface area contributed by atoms with Gasteiger partial charge in [0, 0.05) is 30.2 Å². The SMILES string of the molecule is Cc1cc(C)c(C(=O)NCc2cnn(C)c2)s1. The van der Waals surface area contributed by atoms with Gasteiger partial charge >= 0.3 is 0 Å². The Morgan fingerprint density at radius 3 is 2.82 bits per heavy atom. The molecular formula is C12H15N3OS. The number of thiophene rings is 1. The molecule has 0 unspecified atom stereocenters. The Morgan fingerprint density at radius 2 is 2.29 bits per heavy atom. The summed E-state index contributed by atoms with van der Waals surface area (Å²) in [6, 6.07) is 2.03. The summed E-state index contributed by atoms with van der Waals surface area (Å²) >= 11 is 1.53. The van der Waals surface area contributed by atoms with E-state index in [9.17, 15) is 4.79 Å². The summed E-state index contributed by atoms with van der Waals surface area (Å²) in [5.41, 5.74) is 2.04. The Balaban J connectivity index is 2.00. The van der Waals surface area contributed by atoms with Crippen LogP contribution in [-0.2, 0) is 13.6 Å². The molecule has 1 amide bonds. The minimum atomic E-state index is -0.00977. The lowest BCUT2D eigenvalue weighted by atomic mass is 10.2. The van der Waals surface area contributed by atoms with Crippen molar-refractivity contribution in [3.05, 3.63) is 39.3 Å². The number of carbonyl (C=O) groups is 1. The number of rotatable bonds is 3. The molecule has 0 saturated heterocycles. The lowest BCUT2D eigenvalue weighted by Crippen LogP contribution is -2.22. The van der Waals surface area contributed by atoms with Crippen LogP contribution in [0.4, 0.5) is 0 Å². The second-order valence-electron chi connectivity index (χ2n) is 4.07. The second-order valence-corrected chi connectivity index (χ2v) is 5.33. The van der Waals surface area contributed by atoms with E-state index in [0.29, 0.717) is 6.54 Å². The van der Waals surface area contributed by atoms with E-state index in [4.69, 9.17) is 0 Å². The van der Waals surface area contributed by atoms with Crippen LogP contribution in [0.25, 0.3) is 0 Å². The van der Waals surface area contributed by atoms with Crippen molar-refractivity contribution >= 4 is 17.2 Å². The lowest BCUT2D eigenvalue weighted by molar-refractivity contribution is 0.0954. The van der Waals surface area contributed by atoms with E-state index in [1.807, 2.05) is 33.2 Å². The van der Waals surface area contributed by atoms with Gasteiger partial charge in [0.15, 0.2) is 0 Å². The summed E-state index contributed by atoms with van der Waals surface area (Å²) < 4.78 is 1.72. The van der Waals surface area contributed by atoms with E-state index in [1.165, 1.54) is 11.3 Å². The van der Waals surface area contributed by atoms with Gasteiger partial charge in [-0.25, -0.2) is 0 Å². The first-order chi connectivity index (χ1) is 8.06. The lowest BCUT2D eigenvalue weighted by Gasteiger charge is -2.02. The van der Waals surface area contributed by atoms with Crippen molar-refractivity contribution in [2.45, 2.75) is 20.4 Å². The van der Waals surface area contributed by atoms with E-state index >= 15 is 0 Å². The number of amides is 1. The average molecular weight is 249 g/mol. The molecule has 0 aliphatic carbocycles. The Morgan fingerprint density at radius 1 is 1.53 bits per heavy atom. The Bertz CT molecular complexity index is 542. The zero-order chi connectivity index (χ0) is 12.4. The van der Waals surface area contributed by atoms with Crippen LogP contribution in [0.3, 0.4) is 0 Å². The van der Waals surface area contributed by atoms with Crippen molar-refractivity contribution in [1.82, 2.24) is 15.1 Å². The molecule has 0 bridgehead atoms. The molecule has 0 aliphatic heterocycles. The topological polar surface area (TPSA) is 46.9 Å². The quantitative estimate of drug-likeness (QED) is 0.904. The molecule has 0 aromatic carbocycles. The standard InChI is InChI=1S/C12H15N3OS/c1-8-4-9(2)17-11(8)12(16)13-5-10-6-14-15(3)7-10/h4,6-7H,5H2,1-3H3,(H,13,16). The summed E-state index contributed by atoms with van der Waals surface area (Å²) in [6.45, 7) is 4.49. The first kappa shape index (κ1) is 11.9. The molecule has 0 aliphatic rings. The molecule has 17 heavy (non-hydrogen) atoms. The predicted octanol–water partition coefficient (Wildman–Crippen LogP) is 2.03. The van der Waals surface area contributed by atoms with Crippen LogP contribution in [0.1, 0.15) is 25.7 Å². The normalized spacial score (nSPS) is 10.5. The number of carbonyl (C=O) groups excluding carboxylic acids is 1. The number of aromatic nitrogens is 2. The van der Waals surface area contributed by atoms with E-state index in [2.05, 4.69) is 10.4 Å². The largest absolute Gasteiger partial charge is 0.347 e. The Labute approximate surface area is 104 Å². The molecular weight excluding hydrogens is 234 g/mol. The van der Waals surface area contributed by atoms with Crippen LogP contribution in [0, 0.1) is 13.8 Å². The van der Waals surface area contributed by atoms with Crippen LogP contribution >= 0.6 is 11.3 Å². The van der Waals surface area contributed by atoms with E-state index < -0.39 is 0 Å². The Hall–Kier alpha value is -1.62. The minimum Gasteiger partial charge on any atom is -0.347 e. The summed E-state index contributed by atoms with van der Waals surface area (Å²) in [4.78, 5) is 13.9. The molecule has 90 valence electrons. The third kappa shape index (κ3) is 2.74. The summed E-state index contributed by atoms with van der Waals surface area (Å²) in [6.07, 6.45) is 3.65. The van der Waals surface area contributed by atoms with Crippen molar-refractivity contribution in [2.24, 2.45) is 7.05 Å². The highest BCUT2D eigenvalue weighted by atomic mass is 32.1. The van der Waals surface area contributed by atoms with Gasteiger partial charge in [-0.2, -0.15) is 5.10 Å². The fourth-order valence-corrected chi connectivity index (χ4v) is 2.64. The van der Waals surface area contributed by atoms with Crippen molar-refractivity contribution in [3.8, 4) is 0 Å². The first-order valence-corrected chi connectivity index (χ1v) is 6.20. The zero-order valence-electron chi connectivity index (χ0n) is 10.2. The monoisotopic (exact) mass is 249 g/mol. The van der Waals surface area contributed by atoms with Gasteiger partial charge in [0.1, 0.15) is 0 Å². The molecule has 1 N–H and O–H groups in total. The van der Waals surface area contributed by atoms with Crippen LogP contribution in [0.15, 0.2) is 18.5 Å². The molecule has 5 heteroatoms. The van der Waals surface area contributed by atoms with Crippen molar-refractivity contribution in [3.63, 3.8) is 0 Å². The van der Waals surface area contributed by atoms with Gasteiger partial charge in [-0.05, 0) is 25.5 Å². The smallest absolute Gasteiger partial charge is 0.261 e. The van der Waals surface area contributed by atoms with Gasteiger partial charge in [-0.1, -0.05) is 0 Å². The number of hydrogen-bond donors (Lipinski definition) is 1. The molecule has 2 aromatic heterocycles. The van der Waals surface area contributed by atoms with Gasteiger partial charge in [0.05, 0.1) is 11.1 Å². The third-order valence-corrected chi connectivity index (χ3v) is 3.61. The van der Waals surface area contributed by atoms with E-state index in [-0.39, 0.29) is 5.91 Å². The molecule has 0 radical (unpaired) electrons. The summed E-state index contributed by atoms with van der Waals surface area (Å²) in [5, 5.41) is 6.96. The second kappa shape index (κ2) is 4.71. The minimum absolute atomic E-state index is 0.00977. The first-order valence-electron chi connectivity index (χ1n) is 5.39. The molecule has 0 fully saturated rings.